The minimum atomic E-state index is 0. The summed E-state index contributed by atoms with van der Waals surface area (Å²) in [5.74, 6) is 0. The SMILES string of the molecule is CC(C)(C)c1ccccc1.CCC(C)N(C)C.Cl. The summed E-state index contributed by atoms with van der Waals surface area (Å²) in [5.41, 5.74) is 1.69. The Morgan fingerprint density at radius 2 is 1.50 bits per heavy atom. The van der Waals surface area contributed by atoms with Crippen LogP contribution in [0.4, 0.5) is 0 Å². The second kappa shape index (κ2) is 9.41. The summed E-state index contributed by atoms with van der Waals surface area (Å²) >= 11 is 0. The lowest BCUT2D eigenvalue weighted by Crippen LogP contribution is -2.23. The number of benzene rings is 1. The lowest BCUT2D eigenvalue weighted by molar-refractivity contribution is 0.307. The average Bonchev–Trinajstić information content (AvgIpc) is 2.28. The summed E-state index contributed by atoms with van der Waals surface area (Å²) in [5, 5.41) is 0. The van der Waals surface area contributed by atoms with E-state index in [-0.39, 0.29) is 12.4 Å². The standard InChI is InChI=1S/C10H14.C6H15N.ClH/c1-10(2,3)9-7-5-4-6-8-9;1-5-6(2)7(3)4;/h4-8H,1-3H3;6H,5H2,1-4H3;1H. The number of hydrogen-bond donors (Lipinski definition) is 0. The Morgan fingerprint density at radius 1 is 1.06 bits per heavy atom. The van der Waals surface area contributed by atoms with E-state index in [0.717, 1.165) is 6.04 Å². The minimum absolute atomic E-state index is 0. The molecule has 0 heterocycles. The van der Waals surface area contributed by atoms with Gasteiger partial charge in [-0.15, -0.1) is 12.4 Å². The molecular formula is C16H30ClN. The van der Waals surface area contributed by atoms with Gasteiger partial charge in [-0.25, -0.2) is 0 Å². The summed E-state index contributed by atoms with van der Waals surface area (Å²) in [7, 11) is 4.21. The summed E-state index contributed by atoms with van der Waals surface area (Å²) in [6.45, 7) is 11.1. The summed E-state index contributed by atoms with van der Waals surface area (Å²) < 4.78 is 0. The molecule has 0 bridgehead atoms. The molecular weight excluding hydrogens is 242 g/mol. The fourth-order valence-electron chi connectivity index (χ4n) is 1.30. The van der Waals surface area contributed by atoms with Crippen molar-refractivity contribution in [2.24, 2.45) is 0 Å². The topological polar surface area (TPSA) is 3.24 Å². The molecule has 18 heavy (non-hydrogen) atoms. The van der Waals surface area contributed by atoms with Crippen LogP contribution < -0.4 is 0 Å². The lowest BCUT2D eigenvalue weighted by Gasteiger charge is -2.18. The highest BCUT2D eigenvalue weighted by Crippen LogP contribution is 2.20. The Morgan fingerprint density at radius 3 is 1.67 bits per heavy atom. The van der Waals surface area contributed by atoms with E-state index < -0.39 is 0 Å². The molecule has 0 fully saturated rings. The molecule has 1 atom stereocenters. The molecule has 1 nitrogen and oxygen atoms in total. The van der Waals surface area contributed by atoms with Crippen molar-refractivity contribution in [2.75, 3.05) is 14.1 Å². The zero-order valence-corrected chi connectivity index (χ0v) is 13.8. The monoisotopic (exact) mass is 271 g/mol. The number of hydrogen-bond acceptors (Lipinski definition) is 1. The van der Waals surface area contributed by atoms with Gasteiger partial charge in [-0.3, -0.25) is 0 Å². The van der Waals surface area contributed by atoms with Crippen molar-refractivity contribution < 1.29 is 0 Å². The third-order valence-corrected chi connectivity index (χ3v) is 3.11. The third kappa shape index (κ3) is 8.54. The van der Waals surface area contributed by atoms with Crippen LogP contribution in [-0.2, 0) is 5.41 Å². The highest BCUT2D eigenvalue weighted by molar-refractivity contribution is 5.85. The Bertz CT molecular complexity index is 288. The normalized spacial score (nSPS) is 12.2. The van der Waals surface area contributed by atoms with E-state index in [1.807, 2.05) is 0 Å². The molecule has 1 rings (SSSR count). The van der Waals surface area contributed by atoms with Crippen LogP contribution in [0.15, 0.2) is 30.3 Å². The second-order valence-corrected chi connectivity index (χ2v) is 5.84. The lowest BCUT2D eigenvalue weighted by atomic mass is 9.87. The molecule has 0 spiro atoms. The van der Waals surface area contributed by atoms with Crippen LogP contribution in [0.3, 0.4) is 0 Å². The maximum Gasteiger partial charge on any atom is 0.00582 e. The van der Waals surface area contributed by atoms with Crippen molar-refractivity contribution in [1.82, 2.24) is 4.90 Å². The molecule has 1 aromatic rings. The van der Waals surface area contributed by atoms with E-state index in [4.69, 9.17) is 0 Å². The number of halogens is 1. The van der Waals surface area contributed by atoms with Crippen LogP contribution in [0, 0.1) is 0 Å². The Labute approximate surface area is 120 Å². The number of nitrogens with zero attached hydrogens (tertiary/aromatic N) is 1. The molecule has 0 radical (unpaired) electrons. The zero-order valence-electron chi connectivity index (χ0n) is 13.0. The molecule has 0 N–H and O–H groups in total. The Balaban J connectivity index is 0. The largest absolute Gasteiger partial charge is 0.307 e. The van der Waals surface area contributed by atoms with Crippen molar-refractivity contribution in [1.29, 1.82) is 0 Å². The molecule has 2 heteroatoms. The summed E-state index contributed by atoms with van der Waals surface area (Å²) in [6, 6.07) is 11.3. The molecule has 0 aliphatic heterocycles. The predicted octanol–water partition coefficient (Wildman–Crippen LogP) is 4.75. The number of rotatable bonds is 2. The maximum atomic E-state index is 2.22. The molecule has 106 valence electrons. The van der Waals surface area contributed by atoms with Gasteiger partial charge in [0.15, 0.2) is 0 Å². The van der Waals surface area contributed by atoms with Crippen molar-refractivity contribution >= 4 is 12.4 Å². The quantitative estimate of drug-likeness (QED) is 0.750. The van der Waals surface area contributed by atoms with Crippen LogP contribution in [0.2, 0.25) is 0 Å². The highest BCUT2D eigenvalue weighted by atomic mass is 35.5. The molecule has 1 unspecified atom stereocenters. The molecule has 1 aromatic carbocycles. The van der Waals surface area contributed by atoms with Gasteiger partial charge in [0.1, 0.15) is 0 Å². The van der Waals surface area contributed by atoms with Crippen LogP contribution in [0.1, 0.15) is 46.6 Å². The highest BCUT2D eigenvalue weighted by Gasteiger charge is 2.11. The van der Waals surface area contributed by atoms with Gasteiger partial charge >= 0.3 is 0 Å². The van der Waals surface area contributed by atoms with Crippen LogP contribution in [0.25, 0.3) is 0 Å². The van der Waals surface area contributed by atoms with Crippen molar-refractivity contribution in [3.63, 3.8) is 0 Å². The van der Waals surface area contributed by atoms with E-state index in [0.29, 0.717) is 5.41 Å². The van der Waals surface area contributed by atoms with E-state index in [1.54, 1.807) is 0 Å². The van der Waals surface area contributed by atoms with Crippen LogP contribution in [0.5, 0.6) is 0 Å². The van der Waals surface area contributed by atoms with Gasteiger partial charge in [-0.2, -0.15) is 0 Å². The first kappa shape index (κ1) is 19.8. The van der Waals surface area contributed by atoms with Gasteiger partial charge in [0.05, 0.1) is 0 Å². The van der Waals surface area contributed by atoms with E-state index in [2.05, 4.69) is 83.9 Å². The fourth-order valence-corrected chi connectivity index (χ4v) is 1.30. The molecule has 0 aliphatic carbocycles. The molecule has 0 saturated carbocycles. The van der Waals surface area contributed by atoms with Gasteiger partial charge in [0.25, 0.3) is 0 Å². The summed E-state index contributed by atoms with van der Waals surface area (Å²) in [4.78, 5) is 2.22. The van der Waals surface area contributed by atoms with Gasteiger partial charge < -0.3 is 4.90 Å². The first-order chi connectivity index (χ1) is 7.79. The first-order valence-corrected chi connectivity index (χ1v) is 6.51. The van der Waals surface area contributed by atoms with E-state index in [1.165, 1.54) is 12.0 Å². The second-order valence-electron chi connectivity index (χ2n) is 5.84. The van der Waals surface area contributed by atoms with Gasteiger partial charge in [0, 0.05) is 6.04 Å². The first-order valence-electron chi connectivity index (χ1n) is 6.51. The van der Waals surface area contributed by atoms with Gasteiger partial charge in [-0.1, -0.05) is 58.0 Å². The van der Waals surface area contributed by atoms with Crippen molar-refractivity contribution in [2.45, 2.75) is 52.5 Å². The van der Waals surface area contributed by atoms with Gasteiger partial charge in [0.2, 0.25) is 0 Å². The smallest absolute Gasteiger partial charge is 0.00582 e. The average molecular weight is 272 g/mol. The summed E-state index contributed by atoms with van der Waals surface area (Å²) in [6.07, 6.45) is 1.24. The molecule has 0 amide bonds. The van der Waals surface area contributed by atoms with E-state index in [9.17, 15) is 0 Å². The van der Waals surface area contributed by atoms with Crippen molar-refractivity contribution in [3.8, 4) is 0 Å². The molecule has 0 aromatic heterocycles. The van der Waals surface area contributed by atoms with Gasteiger partial charge in [-0.05, 0) is 38.4 Å². The van der Waals surface area contributed by atoms with Crippen LogP contribution in [-0.4, -0.2) is 25.0 Å². The fraction of sp³-hybridized carbons (Fsp3) is 0.625. The van der Waals surface area contributed by atoms with Crippen molar-refractivity contribution in [3.05, 3.63) is 35.9 Å². The predicted molar refractivity (Wildman–Crippen MR) is 85.8 cm³/mol. The minimum Gasteiger partial charge on any atom is -0.307 e. The zero-order chi connectivity index (χ0) is 13.5. The maximum absolute atomic E-state index is 2.22. The molecule has 0 aliphatic rings. The Hall–Kier alpha value is -0.530. The molecule has 0 saturated heterocycles. The van der Waals surface area contributed by atoms with E-state index >= 15 is 0 Å². The Kier molecular flexibility index (Phi) is 10.3. The van der Waals surface area contributed by atoms with Crippen LogP contribution >= 0.6 is 12.4 Å². The third-order valence-electron chi connectivity index (χ3n) is 3.11.